The summed E-state index contributed by atoms with van der Waals surface area (Å²) in [4.78, 5) is 8.64. The molecule has 1 unspecified atom stereocenters. The summed E-state index contributed by atoms with van der Waals surface area (Å²) in [5.41, 5.74) is 1.19. The molecule has 0 radical (unpaired) electrons. The normalized spacial score (nSPS) is 12.2. The summed E-state index contributed by atoms with van der Waals surface area (Å²) in [6.07, 6.45) is 5.85. The van der Waals surface area contributed by atoms with Gasteiger partial charge in [0.05, 0.1) is 0 Å². The quantitative estimate of drug-likeness (QED) is 0.759. The zero-order valence-corrected chi connectivity index (χ0v) is 12.6. The largest absolute Gasteiger partial charge is 0.373 e. The maximum Gasteiger partial charge on any atom is 0.134 e. The number of anilines is 2. The van der Waals surface area contributed by atoms with Gasteiger partial charge in [-0.2, -0.15) is 11.8 Å². The number of aromatic nitrogens is 2. The first-order chi connectivity index (χ1) is 8.72. The van der Waals surface area contributed by atoms with E-state index in [1.54, 1.807) is 6.33 Å². The molecule has 18 heavy (non-hydrogen) atoms. The Balaban J connectivity index is 2.74. The van der Waals surface area contributed by atoms with Crippen LogP contribution >= 0.6 is 11.8 Å². The maximum atomic E-state index is 4.37. The molecule has 0 fully saturated rings. The van der Waals surface area contributed by atoms with Crippen molar-refractivity contribution in [3.05, 3.63) is 11.9 Å². The average Bonchev–Trinajstić information content (AvgIpc) is 2.38. The molecule has 0 aliphatic carbocycles. The Hall–Kier alpha value is -0.970. The monoisotopic (exact) mass is 268 g/mol. The average molecular weight is 268 g/mol. The van der Waals surface area contributed by atoms with Gasteiger partial charge >= 0.3 is 0 Å². The van der Waals surface area contributed by atoms with E-state index in [-0.39, 0.29) is 0 Å². The van der Waals surface area contributed by atoms with Crippen LogP contribution in [-0.4, -0.2) is 35.6 Å². The van der Waals surface area contributed by atoms with Crippen LogP contribution in [-0.2, 0) is 6.42 Å². The molecule has 1 rings (SSSR count). The molecule has 102 valence electrons. The van der Waals surface area contributed by atoms with E-state index in [2.05, 4.69) is 40.7 Å². The molecule has 0 amide bonds. The number of nitrogens with one attached hydrogen (secondary N) is 2. The lowest BCUT2D eigenvalue weighted by Crippen LogP contribution is -2.16. The molecule has 1 aromatic heterocycles. The summed E-state index contributed by atoms with van der Waals surface area (Å²) >= 11 is 1.88. The van der Waals surface area contributed by atoms with Crippen molar-refractivity contribution in [1.82, 2.24) is 9.97 Å². The van der Waals surface area contributed by atoms with E-state index >= 15 is 0 Å². The standard InChI is InChI=1S/C13H24N4S/c1-5-6-11-12(14-3)16-9-17-13(11)15-7-10(2)8-18-4/h9-10H,5-8H2,1-4H3,(H2,14,15,16,17). The van der Waals surface area contributed by atoms with Gasteiger partial charge < -0.3 is 10.6 Å². The summed E-state index contributed by atoms with van der Waals surface area (Å²) in [6.45, 7) is 5.38. The molecule has 0 saturated heterocycles. The molecule has 5 heteroatoms. The number of hydrogen-bond donors (Lipinski definition) is 2. The zero-order valence-electron chi connectivity index (χ0n) is 11.8. The van der Waals surface area contributed by atoms with Crippen molar-refractivity contribution in [3.63, 3.8) is 0 Å². The molecule has 1 aromatic rings. The Kier molecular flexibility index (Phi) is 6.86. The second-order valence-electron chi connectivity index (χ2n) is 4.49. The topological polar surface area (TPSA) is 49.8 Å². The first-order valence-corrected chi connectivity index (χ1v) is 7.86. The summed E-state index contributed by atoms with van der Waals surface area (Å²) < 4.78 is 0. The maximum absolute atomic E-state index is 4.37. The third kappa shape index (κ3) is 4.37. The smallest absolute Gasteiger partial charge is 0.134 e. The molecule has 0 saturated carbocycles. The van der Waals surface area contributed by atoms with Crippen molar-refractivity contribution < 1.29 is 0 Å². The van der Waals surface area contributed by atoms with E-state index in [0.29, 0.717) is 5.92 Å². The van der Waals surface area contributed by atoms with Crippen LogP contribution in [0.25, 0.3) is 0 Å². The Labute approximate surface area is 114 Å². The third-order valence-corrected chi connectivity index (χ3v) is 3.65. The molecule has 1 atom stereocenters. The van der Waals surface area contributed by atoms with Crippen LogP contribution in [0.4, 0.5) is 11.6 Å². The van der Waals surface area contributed by atoms with E-state index in [4.69, 9.17) is 0 Å². The van der Waals surface area contributed by atoms with E-state index in [9.17, 15) is 0 Å². The number of thioether (sulfide) groups is 1. The minimum Gasteiger partial charge on any atom is -0.373 e. The van der Waals surface area contributed by atoms with E-state index in [1.165, 1.54) is 11.3 Å². The highest BCUT2D eigenvalue weighted by Crippen LogP contribution is 2.21. The Morgan fingerprint density at radius 3 is 2.67 bits per heavy atom. The van der Waals surface area contributed by atoms with Crippen molar-refractivity contribution in [1.29, 1.82) is 0 Å². The van der Waals surface area contributed by atoms with Gasteiger partial charge in [-0.05, 0) is 24.3 Å². The minimum atomic E-state index is 0.641. The molecule has 0 aliphatic rings. The van der Waals surface area contributed by atoms with Gasteiger partial charge in [0.2, 0.25) is 0 Å². The molecule has 0 spiro atoms. The Morgan fingerprint density at radius 1 is 1.33 bits per heavy atom. The summed E-state index contributed by atoms with van der Waals surface area (Å²) in [5.74, 6) is 3.72. The summed E-state index contributed by atoms with van der Waals surface area (Å²) in [7, 11) is 1.90. The van der Waals surface area contributed by atoms with E-state index in [0.717, 1.165) is 31.0 Å². The predicted molar refractivity (Wildman–Crippen MR) is 81.6 cm³/mol. The van der Waals surface area contributed by atoms with Gasteiger partial charge in [-0.3, -0.25) is 0 Å². The number of rotatable bonds is 8. The van der Waals surface area contributed by atoms with Crippen molar-refractivity contribution in [3.8, 4) is 0 Å². The van der Waals surface area contributed by atoms with Crippen LogP contribution in [0.15, 0.2) is 6.33 Å². The van der Waals surface area contributed by atoms with E-state index < -0.39 is 0 Å². The molecule has 4 nitrogen and oxygen atoms in total. The van der Waals surface area contributed by atoms with Gasteiger partial charge in [0.25, 0.3) is 0 Å². The lowest BCUT2D eigenvalue weighted by Gasteiger charge is -2.16. The van der Waals surface area contributed by atoms with E-state index in [1.807, 2.05) is 18.8 Å². The highest BCUT2D eigenvalue weighted by Gasteiger charge is 2.10. The first kappa shape index (κ1) is 15.1. The number of nitrogens with zero attached hydrogens (tertiary/aromatic N) is 2. The van der Waals surface area contributed by atoms with Crippen LogP contribution in [0.5, 0.6) is 0 Å². The molecule has 0 aromatic carbocycles. The lowest BCUT2D eigenvalue weighted by molar-refractivity contribution is 0.698. The molecular weight excluding hydrogens is 244 g/mol. The van der Waals surface area contributed by atoms with Gasteiger partial charge in [0, 0.05) is 19.2 Å². The SMILES string of the molecule is CCCc1c(NC)ncnc1NCC(C)CSC. The summed E-state index contributed by atoms with van der Waals surface area (Å²) in [5, 5.41) is 6.59. The summed E-state index contributed by atoms with van der Waals surface area (Å²) in [6, 6.07) is 0. The minimum absolute atomic E-state index is 0.641. The van der Waals surface area contributed by atoms with Crippen LogP contribution < -0.4 is 10.6 Å². The molecule has 0 bridgehead atoms. The molecular formula is C13H24N4S. The molecule has 0 aliphatic heterocycles. The first-order valence-electron chi connectivity index (χ1n) is 6.47. The van der Waals surface area contributed by atoms with Crippen molar-refractivity contribution in [2.24, 2.45) is 5.92 Å². The van der Waals surface area contributed by atoms with Crippen LogP contribution in [0.1, 0.15) is 25.8 Å². The fourth-order valence-corrected chi connectivity index (χ4v) is 2.57. The van der Waals surface area contributed by atoms with Crippen LogP contribution in [0.3, 0.4) is 0 Å². The Bertz CT molecular complexity index is 357. The lowest BCUT2D eigenvalue weighted by atomic mass is 10.1. The zero-order chi connectivity index (χ0) is 13.4. The third-order valence-electron chi connectivity index (χ3n) is 2.75. The highest BCUT2D eigenvalue weighted by atomic mass is 32.2. The highest BCUT2D eigenvalue weighted by molar-refractivity contribution is 7.98. The van der Waals surface area contributed by atoms with Gasteiger partial charge in [-0.25, -0.2) is 9.97 Å². The Morgan fingerprint density at radius 2 is 2.06 bits per heavy atom. The van der Waals surface area contributed by atoms with Crippen molar-refractivity contribution in [2.75, 3.05) is 36.2 Å². The fourth-order valence-electron chi connectivity index (χ4n) is 1.88. The van der Waals surface area contributed by atoms with Crippen molar-refractivity contribution >= 4 is 23.4 Å². The molecule has 1 heterocycles. The van der Waals surface area contributed by atoms with Gasteiger partial charge in [-0.15, -0.1) is 0 Å². The second-order valence-corrected chi connectivity index (χ2v) is 5.40. The fraction of sp³-hybridized carbons (Fsp3) is 0.692. The predicted octanol–water partition coefficient (Wildman–Crippen LogP) is 2.88. The van der Waals surface area contributed by atoms with Gasteiger partial charge in [0.15, 0.2) is 0 Å². The van der Waals surface area contributed by atoms with Crippen LogP contribution in [0, 0.1) is 5.92 Å². The molecule has 2 N–H and O–H groups in total. The van der Waals surface area contributed by atoms with Crippen molar-refractivity contribution in [2.45, 2.75) is 26.7 Å². The second kappa shape index (κ2) is 8.19. The van der Waals surface area contributed by atoms with Gasteiger partial charge in [-0.1, -0.05) is 20.3 Å². The van der Waals surface area contributed by atoms with Crippen LogP contribution in [0.2, 0.25) is 0 Å². The number of hydrogen-bond acceptors (Lipinski definition) is 5. The van der Waals surface area contributed by atoms with Gasteiger partial charge in [0.1, 0.15) is 18.0 Å².